The molecule has 0 aromatic carbocycles. The molecule has 5 aliphatic heterocycles. The zero-order chi connectivity index (χ0) is 16.8. The predicted octanol–water partition coefficient (Wildman–Crippen LogP) is 3.58. The molecule has 0 fully saturated rings. The van der Waals surface area contributed by atoms with E-state index in [9.17, 15) is 0 Å². The van der Waals surface area contributed by atoms with Gasteiger partial charge in [-0.25, -0.2) is 20.0 Å². The van der Waals surface area contributed by atoms with Crippen molar-refractivity contribution in [1.29, 1.82) is 0 Å². The molecule has 25 heavy (non-hydrogen) atoms. The van der Waals surface area contributed by atoms with Gasteiger partial charge in [-0.05, 0) is 72.9 Å². The van der Waals surface area contributed by atoms with Crippen LogP contribution in [0.25, 0.3) is 0 Å². The van der Waals surface area contributed by atoms with E-state index >= 15 is 0 Å². The van der Waals surface area contributed by atoms with Gasteiger partial charge in [0, 0.05) is 21.1 Å². The van der Waals surface area contributed by atoms with Crippen LogP contribution in [-0.4, -0.2) is 22.8 Å². The van der Waals surface area contributed by atoms with E-state index in [0.29, 0.717) is 11.8 Å². The van der Waals surface area contributed by atoms with E-state index in [4.69, 9.17) is 1.37 Å². The Morgan fingerprint density at radius 3 is 1.32 bits per heavy atom. The summed E-state index contributed by atoms with van der Waals surface area (Å²) in [5.74, 6) is 0. The number of fused-ring (bicyclic) bond motifs is 4. The fourth-order valence-corrected chi connectivity index (χ4v) is 2.76. The van der Waals surface area contributed by atoms with Gasteiger partial charge in [0.2, 0.25) is 0 Å². The molecule has 0 aliphatic carbocycles. The second-order valence-electron chi connectivity index (χ2n) is 5.67. The summed E-state index contributed by atoms with van der Waals surface area (Å²) in [6.07, 6.45) is 21.0. The van der Waals surface area contributed by atoms with Crippen LogP contribution in [0.1, 0.15) is 1.37 Å². The van der Waals surface area contributed by atoms with Crippen molar-refractivity contribution in [3.63, 3.8) is 0 Å². The largest absolute Gasteiger partial charge is 0.249 e. The first-order chi connectivity index (χ1) is 12.2. The van der Waals surface area contributed by atoms with Gasteiger partial charge in [-0.3, -0.25) is 0 Å². The summed E-state index contributed by atoms with van der Waals surface area (Å²) in [6.45, 7) is 0. The SMILES string of the molecule is [2H]C1=CC2=CC3=NC(=CC4=NC(=CC5=NC(=CC1=N2)C=C5)C=C4)C=C3.[Pt]. The van der Waals surface area contributed by atoms with Crippen molar-refractivity contribution in [2.45, 2.75) is 0 Å². The quantitative estimate of drug-likeness (QED) is 0.485. The van der Waals surface area contributed by atoms with E-state index in [-0.39, 0.29) is 21.1 Å². The van der Waals surface area contributed by atoms with Crippen molar-refractivity contribution in [3.8, 4) is 0 Å². The van der Waals surface area contributed by atoms with Crippen LogP contribution in [-0.2, 0) is 21.1 Å². The fraction of sp³-hybridized carbons (Fsp3) is 0. The van der Waals surface area contributed by atoms with E-state index in [1.54, 1.807) is 6.08 Å². The minimum absolute atomic E-state index is 0. The molecule has 0 aromatic heterocycles. The van der Waals surface area contributed by atoms with E-state index in [0.717, 1.165) is 39.9 Å². The molecule has 5 heterocycles. The van der Waals surface area contributed by atoms with Crippen LogP contribution < -0.4 is 0 Å². The Labute approximate surface area is 161 Å². The van der Waals surface area contributed by atoms with Crippen LogP contribution in [0.15, 0.2) is 116 Å². The maximum Gasteiger partial charge on any atom is 0.0659 e. The third kappa shape index (κ3) is 3.26. The standard InChI is InChI=1S/C20H12N4.Pt/c1-2-14-10-16-5-6-18(23-16)12-20-8-7-19(24-20)11-17-4-3-15(22-17)9-13(1)21-14;/h1-12H;/i1D;. The van der Waals surface area contributed by atoms with E-state index < -0.39 is 0 Å². The Morgan fingerprint density at radius 2 is 0.840 bits per heavy atom. The van der Waals surface area contributed by atoms with Gasteiger partial charge in [-0.2, -0.15) is 0 Å². The first-order valence-electron chi connectivity index (χ1n) is 8.16. The van der Waals surface area contributed by atoms with E-state index in [2.05, 4.69) is 20.0 Å². The van der Waals surface area contributed by atoms with Crippen molar-refractivity contribution in [1.82, 2.24) is 0 Å². The van der Waals surface area contributed by atoms with Crippen LogP contribution in [0.3, 0.4) is 0 Å². The molecule has 4 nitrogen and oxygen atoms in total. The number of aliphatic imine (C=N–C) groups is 4. The molecule has 0 atom stereocenters. The number of hydrogen-bond donors (Lipinski definition) is 0. The summed E-state index contributed by atoms with van der Waals surface area (Å²) < 4.78 is 8.11. The summed E-state index contributed by atoms with van der Waals surface area (Å²) >= 11 is 0. The molecule has 5 heteroatoms. The third-order valence-corrected chi connectivity index (χ3v) is 3.84. The van der Waals surface area contributed by atoms with Gasteiger partial charge in [-0.1, -0.05) is 0 Å². The molecule has 5 rings (SSSR count). The van der Waals surface area contributed by atoms with E-state index in [1.807, 2.05) is 60.8 Å². The van der Waals surface area contributed by atoms with E-state index in [1.165, 1.54) is 0 Å². The van der Waals surface area contributed by atoms with Gasteiger partial charge in [-0.15, -0.1) is 0 Å². The van der Waals surface area contributed by atoms with Crippen molar-refractivity contribution in [2.75, 3.05) is 0 Å². The Balaban J connectivity index is 0.00000168. The smallest absolute Gasteiger partial charge is 0.0659 e. The van der Waals surface area contributed by atoms with Crippen LogP contribution >= 0.6 is 0 Å². The van der Waals surface area contributed by atoms with Crippen molar-refractivity contribution in [3.05, 3.63) is 95.7 Å². The molecule has 0 saturated carbocycles. The minimum atomic E-state index is 0. The average molecular weight is 504 g/mol. The molecule has 5 aliphatic rings. The van der Waals surface area contributed by atoms with Crippen molar-refractivity contribution >= 4 is 22.8 Å². The van der Waals surface area contributed by atoms with Crippen molar-refractivity contribution in [2.24, 2.45) is 20.0 Å². The molecule has 122 valence electrons. The molecule has 0 amide bonds. The summed E-state index contributed by atoms with van der Waals surface area (Å²) in [5.41, 5.74) is 6.33. The topological polar surface area (TPSA) is 49.4 Å². The summed E-state index contributed by atoms with van der Waals surface area (Å²) in [6, 6.07) is 0.379. The number of nitrogens with zero attached hydrogens (tertiary/aromatic N) is 4. The molecule has 0 N–H and O–H groups in total. The summed E-state index contributed by atoms with van der Waals surface area (Å²) in [4.78, 5) is 18.2. The van der Waals surface area contributed by atoms with Crippen LogP contribution in [0.5, 0.6) is 0 Å². The second-order valence-corrected chi connectivity index (χ2v) is 5.67. The molecule has 0 aromatic rings. The van der Waals surface area contributed by atoms with Gasteiger partial charge in [0.15, 0.2) is 0 Å². The fourth-order valence-electron chi connectivity index (χ4n) is 2.76. The Kier molecular flexibility index (Phi) is 3.68. The molecule has 0 unspecified atom stereocenters. The van der Waals surface area contributed by atoms with Gasteiger partial charge < -0.3 is 0 Å². The normalized spacial score (nSPS) is 22.7. The number of allylic oxidation sites excluding steroid dienone is 12. The number of hydrogen-bond acceptors (Lipinski definition) is 4. The molecule has 0 saturated heterocycles. The van der Waals surface area contributed by atoms with Crippen LogP contribution in [0, 0.1) is 0 Å². The first-order valence-corrected chi connectivity index (χ1v) is 7.66. The minimum Gasteiger partial charge on any atom is -0.249 e. The maximum absolute atomic E-state index is 8.11. The molecular formula is C20H12N4Pt. The summed E-state index contributed by atoms with van der Waals surface area (Å²) in [7, 11) is 0. The molecule has 8 bridgehead atoms. The molecular weight excluding hydrogens is 491 g/mol. The first kappa shape index (κ1) is 14.6. The monoisotopic (exact) mass is 504 g/mol. The third-order valence-electron chi connectivity index (χ3n) is 3.84. The Hall–Kier alpha value is -2.71. The van der Waals surface area contributed by atoms with Crippen molar-refractivity contribution < 1.29 is 22.4 Å². The van der Waals surface area contributed by atoms with Crippen LogP contribution in [0.2, 0.25) is 0 Å². The average Bonchev–Trinajstić information content (AvgIpc) is 3.33. The predicted molar refractivity (Wildman–Crippen MR) is 98.6 cm³/mol. The zero-order valence-electron chi connectivity index (χ0n) is 14.0. The van der Waals surface area contributed by atoms with Gasteiger partial charge in [0.05, 0.1) is 47.0 Å². The van der Waals surface area contributed by atoms with Gasteiger partial charge in [0.1, 0.15) is 0 Å². The van der Waals surface area contributed by atoms with Crippen LogP contribution in [0.4, 0.5) is 0 Å². The molecule has 0 spiro atoms. The van der Waals surface area contributed by atoms with Gasteiger partial charge >= 0.3 is 0 Å². The number of rotatable bonds is 0. The zero-order valence-corrected chi connectivity index (χ0v) is 15.2. The van der Waals surface area contributed by atoms with Gasteiger partial charge in [0.25, 0.3) is 0 Å². The molecule has 0 radical (unpaired) electrons. The Bertz CT molecular complexity index is 1080. The summed E-state index contributed by atoms with van der Waals surface area (Å²) in [5, 5.41) is 0. The Morgan fingerprint density at radius 1 is 0.480 bits per heavy atom. The maximum atomic E-state index is 8.11. The second kappa shape index (κ2) is 6.30.